The van der Waals surface area contributed by atoms with Crippen LogP contribution >= 0.6 is 0 Å². The molecule has 7 nitrogen and oxygen atoms in total. The second-order valence-corrected chi connectivity index (χ2v) is 12.4. The summed E-state index contributed by atoms with van der Waals surface area (Å²) < 4.78 is 19.5. The van der Waals surface area contributed by atoms with Crippen LogP contribution in [0, 0.1) is 34.5 Å². The van der Waals surface area contributed by atoms with Crippen molar-refractivity contribution < 1.29 is 19.3 Å². The first-order valence-corrected chi connectivity index (χ1v) is 14.5. The van der Waals surface area contributed by atoms with Gasteiger partial charge in [0.25, 0.3) is 0 Å². The largest absolute Gasteiger partial charge is 0.392 e. The average molecular weight is 496 g/mol. The quantitative estimate of drug-likeness (QED) is 0.307. The highest BCUT2D eigenvalue weighted by atomic mass is 16.5. The molecule has 0 spiro atoms. The molecule has 0 radical (unpaired) electrons. The second-order valence-electron chi connectivity index (χ2n) is 12.4. The Morgan fingerprint density at radius 1 is 0.771 bits per heavy atom. The summed E-state index contributed by atoms with van der Waals surface area (Å²) in [5.41, 5.74) is 17.3. The molecular formula is C28H53N3O4. The molecule has 10 atom stereocenters. The van der Waals surface area contributed by atoms with Crippen molar-refractivity contribution in [2.45, 2.75) is 102 Å². The Morgan fingerprint density at radius 2 is 1.43 bits per heavy atom. The molecule has 4 aliphatic carbocycles. The van der Waals surface area contributed by atoms with Gasteiger partial charge in [0.2, 0.25) is 0 Å². The number of rotatable bonds is 12. The van der Waals surface area contributed by atoms with Crippen LogP contribution in [0.5, 0.6) is 0 Å². The fourth-order valence-electron chi connectivity index (χ4n) is 8.63. The van der Waals surface area contributed by atoms with Crippen LogP contribution in [0.25, 0.3) is 0 Å². The summed E-state index contributed by atoms with van der Waals surface area (Å²) in [6, 6.07) is 0. The third kappa shape index (κ3) is 5.34. The van der Waals surface area contributed by atoms with Gasteiger partial charge < -0.3 is 36.5 Å². The van der Waals surface area contributed by atoms with Gasteiger partial charge in [-0.1, -0.05) is 13.8 Å². The first-order chi connectivity index (χ1) is 16.9. The van der Waals surface area contributed by atoms with Crippen molar-refractivity contribution in [2.24, 2.45) is 51.7 Å². The minimum atomic E-state index is -0.307. The van der Waals surface area contributed by atoms with Crippen molar-refractivity contribution in [1.82, 2.24) is 0 Å². The SMILES string of the molecule is C[C@@]12C(O)CC[C@H]1C1[C@H](OCCCN)CC3CC(OCCCN)CC[C@]3(C)[C@H]1C[C@@H]2OCCCN. The summed E-state index contributed by atoms with van der Waals surface area (Å²) in [5.74, 6) is 2.03. The third-order valence-corrected chi connectivity index (χ3v) is 10.7. The highest BCUT2D eigenvalue weighted by molar-refractivity contribution is 5.15. The maximum Gasteiger partial charge on any atom is 0.0659 e. The number of fused-ring (bicyclic) bond motifs is 5. The smallest absolute Gasteiger partial charge is 0.0659 e. The Hall–Kier alpha value is -0.280. The molecule has 0 saturated heterocycles. The van der Waals surface area contributed by atoms with E-state index in [4.69, 9.17) is 31.4 Å². The summed E-state index contributed by atoms with van der Waals surface area (Å²) in [6.07, 6.45) is 10.5. The van der Waals surface area contributed by atoms with Crippen LogP contribution < -0.4 is 17.2 Å². The molecule has 204 valence electrons. The lowest BCUT2D eigenvalue weighted by Gasteiger charge is -2.64. The second kappa shape index (κ2) is 12.1. The van der Waals surface area contributed by atoms with Gasteiger partial charge in [-0.2, -0.15) is 0 Å². The lowest BCUT2D eigenvalue weighted by Crippen LogP contribution is -2.63. The van der Waals surface area contributed by atoms with E-state index in [1.807, 2.05) is 0 Å². The lowest BCUT2D eigenvalue weighted by molar-refractivity contribution is -0.230. The predicted octanol–water partition coefficient (Wildman–Crippen LogP) is 2.81. The van der Waals surface area contributed by atoms with Crippen molar-refractivity contribution >= 4 is 0 Å². The van der Waals surface area contributed by atoms with Crippen LogP contribution in [0.15, 0.2) is 0 Å². The molecule has 0 aromatic rings. The zero-order chi connectivity index (χ0) is 25.1. The molecule has 4 unspecified atom stereocenters. The molecule has 35 heavy (non-hydrogen) atoms. The van der Waals surface area contributed by atoms with Gasteiger partial charge >= 0.3 is 0 Å². The number of nitrogens with two attached hydrogens (primary N) is 3. The van der Waals surface area contributed by atoms with Gasteiger partial charge in [-0.25, -0.2) is 0 Å². The van der Waals surface area contributed by atoms with Crippen molar-refractivity contribution in [3.63, 3.8) is 0 Å². The standard InChI is InChI=1S/C28H53N3O4/c1-27-9-8-20(33-13-3-10-29)16-19(27)17-23(34-14-4-11-30)26-21-6-7-24(32)28(21,2)25(18-22(26)27)35-15-5-12-31/h19-26,32H,3-18,29-31H2,1-2H3/t19?,20?,21-,22-,23+,24?,25-,26?,27-,28-/m0/s1. The molecule has 4 saturated carbocycles. The normalized spacial score (nSPS) is 45.1. The maximum atomic E-state index is 11.2. The van der Waals surface area contributed by atoms with Gasteiger partial charge in [0.1, 0.15) is 0 Å². The van der Waals surface area contributed by atoms with Gasteiger partial charge in [-0.15, -0.1) is 0 Å². The van der Waals surface area contributed by atoms with Gasteiger partial charge in [0.15, 0.2) is 0 Å². The molecule has 4 rings (SSSR count). The Kier molecular flexibility index (Phi) is 9.56. The van der Waals surface area contributed by atoms with E-state index in [9.17, 15) is 5.11 Å². The van der Waals surface area contributed by atoms with Gasteiger partial charge in [-0.05, 0) is 113 Å². The van der Waals surface area contributed by atoms with Crippen LogP contribution in [0.2, 0.25) is 0 Å². The Labute approximate surface area is 213 Å². The van der Waals surface area contributed by atoms with Crippen molar-refractivity contribution in [2.75, 3.05) is 39.5 Å². The molecular weight excluding hydrogens is 442 g/mol. The van der Waals surface area contributed by atoms with Crippen molar-refractivity contribution in [3.8, 4) is 0 Å². The minimum Gasteiger partial charge on any atom is -0.392 e. The number of aliphatic hydroxyl groups excluding tert-OH is 1. The topological polar surface area (TPSA) is 126 Å². The van der Waals surface area contributed by atoms with E-state index in [0.29, 0.717) is 56.0 Å². The molecule has 0 aliphatic heterocycles. The molecule has 7 heteroatoms. The first-order valence-electron chi connectivity index (χ1n) is 14.5. The van der Waals surface area contributed by atoms with Crippen molar-refractivity contribution in [1.29, 1.82) is 0 Å². The Balaban J connectivity index is 1.60. The van der Waals surface area contributed by atoms with Crippen LogP contribution in [-0.4, -0.2) is 69.0 Å². The molecule has 0 aromatic carbocycles. The summed E-state index contributed by atoms with van der Waals surface area (Å²) in [7, 11) is 0. The van der Waals surface area contributed by atoms with E-state index in [2.05, 4.69) is 13.8 Å². The minimum absolute atomic E-state index is 0.0802. The van der Waals surface area contributed by atoms with Crippen LogP contribution in [0.1, 0.15) is 78.1 Å². The summed E-state index contributed by atoms with van der Waals surface area (Å²) in [5, 5.41) is 11.2. The van der Waals surface area contributed by atoms with E-state index >= 15 is 0 Å². The lowest BCUT2D eigenvalue weighted by atomic mass is 9.43. The van der Waals surface area contributed by atoms with Gasteiger partial charge in [0.05, 0.1) is 24.4 Å². The molecule has 7 N–H and O–H groups in total. The summed E-state index contributed by atoms with van der Waals surface area (Å²) in [6.45, 7) is 9.01. The number of aliphatic hydroxyl groups is 1. The fourth-order valence-corrected chi connectivity index (χ4v) is 8.63. The Morgan fingerprint density at radius 3 is 2.11 bits per heavy atom. The maximum absolute atomic E-state index is 11.2. The van der Waals surface area contributed by atoms with E-state index in [0.717, 1.165) is 71.0 Å². The fraction of sp³-hybridized carbons (Fsp3) is 1.00. The highest BCUT2D eigenvalue weighted by Gasteiger charge is 2.66. The van der Waals surface area contributed by atoms with Gasteiger partial charge in [-0.3, -0.25) is 0 Å². The van der Waals surface area contributed by atoms with Crippen molar-refractivity contribution in [3.05, 3.63) is 0 Å². The highest BCUT2D eigenvalue weighted by Crippen LogP contribution is 2.67. The molecule has 0 heterocycles. The number of hydrogen-bond donors (Lipinski definition) is 4. The van der Waals surface area contributed by atoms with E-state index in [1.165, 1.54) is 6.42 Å². The van der Waals surface area contributed by atoms with Crippen LogP contribution in [-0.2, 0) is 14.2 Å². The summed E-state index contributed by atoms with van der Waals surface area (Å²) >= 11 is 0. The van der Waals surface area contributed by atoms with Crippen LogP contribution in [0.4, 0.5) is 0 Å². The molecule has 0 aromatic heterocycles. The zero-order valence-electron chi connectivity index (χ0n) is 22.3. The zero-order valence-corrected chi connectivity index (χ0v) is 22.3. The molecule has 4 fully saturated rings. The van der Waals surface area contributed by atoms with E-state index in [-0.39, 0.29) is 29.1 Å². The third-order valence-electron chi connectivity index (χ3n) is 10.7. The monoisotopic (exact) mass is 495 g/mol. The summed E-state index contributed by atoms with van der Waals surface area (Å²) in [4.78, 5) is 0. The van der Waals surface area contributed by atoms with Gasteiger partial charge in [0, 0.05) is 25.2 Å². The first kappa shape index (κ1) is 27.7. The Bertz CT molecular complexity index is 668. The van der Waals surface area contributed by atoms with Crippen LogP contribution in [0.3, 0.4) is 0 Å². The predicted molar refractivity (Wildman–Crippen MR) is 139 cm³/mol. The van der Waals surface area contributed by atoms with E-state index in [1.54, 1.807) is 0 Å². The number of ether oxygens (including phenoxy) is 3. The number of hydrogen-bond acceptors (Lipinski definition) is 7. The molecule has 0 bridgehead atoms. The average Bonchev–Trinajstić information content (AvgIpc) is 3.15. The molecule has 4 aliphatic rings. The van der Waals surface area contributed by atoms with E-state index < -0.39 is 0 Å². The molecule has 0 amide bonds.